The van der Waals surface area contributed by atoms with Crippen molar-refractivity contribution in [2.45, 2.75) is 25.8 Å². The SMILES string of the molecule is C[C@@]12CCCN(C(=O)c3cc(F)ccc3N3CCOCC3)[C@@H]1COC2. The highest BCUT2D eigenvalue weighted by molar-refractivity contribution is 6.00. The molecular weight excluding hydrogens is 323 g/mol. The van der Waals surface area contributed by atoms with E-state index in [2.05, 4.69) is 11.8 Å². The summed E-state index contributed by atoms with van der Waals surface area (Å²) in [6.45, 7) is 6.87. The molecule has 3 aliphatic rings. The van der Waals surface area contributed by atoms with Gasteiger partial charge in [-0.15, -0.1) is 0 Å². The smallest absolute Gasteiger partial charge is 0.256 e. The maximum absolute atomic E-state index is 13.9. The number of benzene rings is 1. The van der Waals surface area contributed by atoms with Gasteiger partial charge in [0.15, 0.2) is 0 Å². The minimum absolute atomic E-state index is 0.0142. The zero-order chi connectivity index (χ0) is 17.4. The molecule has 25 heavy (non-hydrogen) atoms. The van der Waals surface area contributed by atoms with Crippen molar-refractivity contribution in [3.05, 3.63) is 29.6 Å². The van der Waals surface area contributed by atoms with Gasteiger partial charge in [-0.1, -0.05) is 6.92 Å². The zero-order valence-corrected chi connectivity index (χ0v) is 14.7. The number of amides is 1. The predicted molar refractivity (Wildman–Crippen MR) is 92.4 cm³/mol. The van der Waals surface area contributed by atoms with Crippen LogP contribution < -0.4 is 4.90 Å². The maximum Gasteiger partial charge on any atom is 0.256 e. The van der Waals surface area contributed by atoms with Gasteiger partial charge in [-0.05, 0) is 31.0 Å². The van der Waals surface area contributed by atoms with Crippen molar-refractivity contribution in [3.63, 3.8) is 0 Å². The Balaban J connectivity index is 1.66. The van der Waals surface area contributed by atoms with E-state index in [1.165, 1.54) is 12.1 Å². The normalized spacial score (nSPS) is 29.6. The first-order valence-corrected chi connectivity index (χ1v) is 9.09. The van der Waals surface area contributed by atoms with Crippen LogP contribution in [0.4, 0.5) is 10.1 Å². The van der Waals surface area contributed by atoms with E-state index in [0.29, 0.717) is 38.5 Å². The highest BCUT2D eigenvalue weighted by Crippen LogP contribution is 2.41. The largest absolute Gasteiger partial charge is 0.379 e. The van der Waals surface area contributed by atoms with Crippen molar-refractivity contribution in [1.29, 1.82) is 0 Å². The number of hydrogen-bond acceptors (Lipinski definition) is 4. The molecule has 0 spiro atoms. The van der Waals surface area contributed by atoms with Gasteiger partial charge < -0.3 is 19.3 Å². The van der Waals surface area contributed by atoms with E-state index in [-0.39, 0.29) is 23.2 Å². The number of anilines is 1. The maximum atomic E-state index is 13.9. The van der Waals surface area contributed by atoms with E-state index < -0.39 is 0 Å². The molecule has 0 aliphatic carbocycles. The molecule has 0 radical (unpaired) electrons. The Bertz CT molecular complexity index is 662. The molecule has 1 amide bonds. The van der Waals surface area contributed by atoms with Gasteiger partial charge in [-0.3, -0.25) is 4.79 Å². The fourth-order valence-electron chi connectivity index (χ4n) is 4.37. The number of likely N-dealkylation sites (tertiary alicyclic amines) is 1. The molecule has 5 nitrogen and oxygen atoms in total. The first kappa shape index (κ1) is 16.8. The second kappa shape index (κ2) is 6.57. The Kier molecular flexibility index (Phi) is 4.41. The van der Waals surface area contributed by atoms with Gasteiger partial charge in [0.1, 0.15) is 5.82 Å². The highest BCUT2D eigenvalue weighted by atomic mass is 19.1. The molecule has 2 atom stereocenters. The molecule has 0 aromatic heterocycles. The van der Waals surface area contributed by atoms with Gasteiger partial charge in [0.05, 0.1) is 38.0 Å². The van der Waals surface area contributed by atoms with Gasteiger partial charge >= 0.3 is 0 Å². The minimum Gasteiger partial charge on any atom is -0.379 e. The topological polar surface area (TPSA) is 42.0 Å². The van der Waals surface area contributed by atoms with Crippen molar-refractivity contribution in [2.24, 2.45) is 5.41 Å². The van der Waals surface area contributed by atoms with Crippen molar-refractivity contribution < 1.29 is 18.7 Å². The molecule has 3 aliphatic heterocycles. The fourth-order valence-corrected chi connectivity index (χ4v) is 4.37. The summed E-state index contributed by atoms with van der Waals surface area (Å²) in [6.07, 6.45) is 2.03. The number of piperidine rings is 1. The number of carbonyl (C=O) groups excluding carboxylic acids is 1. The number of morpholine rings is 1. The third-order valence-electron chi connectivity index (χ3n) is 5.84. The molecule has 136 valence electrons. The molecule has 3 saturated heterocycles. The van der Waals surface area contributed by atoms with Crippen LogP contribution in [0.3, 0.4) is 0 Å². The number of hydrogen-bond donors (Lipinski definition) is 0. The molecule has 1 aromatic rings. The second-order valence-corrected chi connectivity index (χ2v) is 7.55. The molecule has 1 aromatic carbocycles. The standard InChI is InChI=1S/C19H25FN2O3/c1-19-5-2-6-22(17(19)12-25-13-19)18(23)15-11-14(20)3-4-16(15)21-7-9-24-10-8-21/h3-4,11,17H,2,5-10,12-13H2,1H3/t17-,19+/m1/s1. The fraction of sp³-hybridized carbons (Fsp3) is 0.632. The van der Waals surface area contributed by atoms with Crippen LogP contribution >= 0.6 is 0 Å². The number of fused-ring (bicyclic) bond motifs is 1. The molecule has 3 fully saturated rings. The van der Waals surface area contributed by atoms with Crippen LogP contribution in [0, 0.1) is 11.2 Å². The van der Waals surface area contributed by atoms with Gasteiger partial charge in [-0.25, -0.2) is 4.39 Å². The summed E-state index contributed by atoms with van der Waals surface area (Å²) < 4.78 is 25.0. The third-order valence-corrected chi connectivity index (χ3v) is 5.84. The van der Waals surface area contributed by atoms with E-state index in [1.807, 2.05) is 4.90 Å². The average Bonchev–Trinajstić information content (AvgIpc) is 3.03. The van der Waals surface area contributed by atoms with Crippen molar-refractivity contribution >= 4 is 11.6 Å². The van der Waals surface area contributed by atoms with E-state index in [4.69, 9.17) is 9.47 Å². The summed E-state index contributed by atoms with van der Waals surface area (Å²) in [5, 5.41) is 0. The Morgan fingerprint density at radius 2 is 2.04 bits per heavy atom. The van der Waals surface area contributed by atoms with Gasteiger partial charge in [0, 0.05) is 30.7 Å². The van der Waals surface area contributed by atoms with Crippen LogP contribution in [-0.2, 0) is 9.47 Å². The Hall–Kier alpha value is -1.66. The van der Waals surface area contributed by atoms with Gasteiger partial charge in [0.2, 0.25) is 0 Å². The average molecular weight is 348 g/mol. The molecule has 4 rings (SSSR count). The lowest BCUT2D eigenvalue weighted by Crippen LogP contribution is -2.53. The van der Waals surface area contributed by atoms with Crippen molar-refractivity contribution in [1.82, 2.24) is 4.90 Å². The van der Waals surface area contributed by atoms with Crippen molar-refractivity contribution in [3.8, 4) is 0 Å². The van der Waals surface area contributed by atoms with Crippen LogP contribution in [0.5, 0.6) is 0 Å². The summed E-state index contributed by atoms with van der Waals surface area (Å²) in [4.78, 5) is 17.4. The summed E-state index contributed by atoms with van der Waals surface area (Å²) in [5.41, 5.74) is 1.28. The van der Waals surface area contributed by atoms with Crippen LogP contribution in [-0.4, -0.2) is 62.9 Å². The number of nitrogens with zero attached hydrogens (tertiary/aromatic N) is 2. The Morgan fingerprint density at radius 1 is 1.24 bits per heavy atom. The Labute approximate surface area is 147 Å². The van der Waals surface area contributed by atoms with Crippen LogP contribution in [0.25, 0.3) is 0 Å². The highest BCUT2D eigenvalue weighted by Gasteiger charge is 2.47. The van der Waals surface area contributed by atoms with E-state index in [1.54, 1.807) is 6.07 Å². The molecule has 0 saturated carbocycles. The predicted octanol–water partition coefficient (Wildman–Crippen LogP) is 2.30. The first-order valence-electron chi connectivity index (χ1n) is 9.09. The van der Waals surface area contributed by atoms with Gasteiger partial charge in [0.25, 0.3) is 5.91 Å². The Morgan fingerprint density at radius 3 is 2.84 bits per heavy atom. The van der Waals surface area contributed by atoms with Crippen molar-refractivity contribution in [2.75, 3.05) is 51.0 Å². The zero-order valence-electron chi connectivity index (χ0n) is 14.7. The quantitative estimate of drug-likeness (QED) is 0.823. The third kappa shape index (κ3) is 3.02. The lowest BCUT2D eigenvalue weighted by atomic mass is 9.77. The van der Waals surface area contributed by atoms with E-state index in [9.17, 15) is 9.18 Å². The summed E-state index contributed by atoms with van der Waals surface area (Å²) in [6, 6.07) is 4.62. The van der Waals surface area contributed by atoms with Crippen LogP contribution in [0.1, 0.15) is 30.1 Å². The summed E-state index contributed by atoms with van der Waals surface area (Å²) in [7, 11) is 0. The van der Waals surface area contributed by atoms with Gasteiger partial charge in [-0.2, -0.15) is 0 Å². The molecule has 0 unspecified atom stereocenters. The second-order valence-electron chi connectivity index (χ2n) is 7.55. The lowest BCUT2D eigenvalue weighted by molar-refractivity contribution is 0.0399. The number of halogens is 1. The number of rotatable bonds is 2. The molecule has 0 bridgehead atoms. The van der Waals surface area contributed by atoms with E-state index in [0.717, 1.165) is 31.6 Å². The van der Waals surface area contributed by atoms with Crippen LogP contribution in [0.2, 0.25) is 0 Å². The first-order chi connectivity index (χ1) is 12.1. The molecule has 3 heterocycles. The monoisotopic (exact) mass is 348 g/mol. The molecular formula is C19H25FN2O3. The number of ether oxygens (including phenoxy) is 2. The summed E-state index contributed by atoms with van der Waals surface area (Å²) in [5.74, 6) is -0.454. The molecule has 6 heteroatoms. The summed E-state index contributed by atoms with van der Waals surface area (Å²) >= 11 is 0. The number of carbonyl (C=O) groups is 1. The van der Waals surface area contributed by atoms with Crippen LogP contribution in [0.15, 0.2) is 18.2 Å². The minimum atomic E-state index is -0.372. The van der Waals surface area contributed by atoms with E-state index >= 15 is 0 Å². The molecule has 0 N–H and O–H groups in total. The lowest BCUT2D eigenvalue weighted by Gasteiger charge is -2.43.